The fourth-order valence-corrected chi connectivity index (χ4v) is 4.20. The number of aromatic nitrogens is 3. The van der Waals surface area contributed by atoms with Crippen LogP contribution in [-0.2, 0) is 17.5 Å². The van der Waals surface area contributed by atoms with Crippen LogP contribution in [0.1, 0.15) is 42.6 Å². The molecule has 33 heavy (non-hydrogen) atoms. The zero-order valence-electron chi connectivity index (χ0n) is 17.2. The van der Waals surface area contributed by atoms with Gasteiger partial charge in [-0.15, -0.1) is 0 Å². The van der Waals surface area contributed by atoms with Crippen molar-refractivity contribution in [3.63, 3.8) is 0 Å². The number of carbonyl (C=O) groups is 2. The smallest absolute Gasteiger partial charge is 0.308 e. The monoisotopic (exact) mass is 476 g/mol. The number of alkyl halides is 3. The largest absolute Gasteiger partial charge is 0.418 e. The fourth-order valence-electron chi connectivity index (χ4n) is 3.54. The van der Waals surface area contributed by atoms with Crippen molar-refractivity contribution in [1.82, 2.24) is 25.6 Å². The second-order valence-electron chi connectivity index (χ2n) is 7.46. The molecule has 0 atom stereocenters. The number of imide groups is 1. The number of pyridine rings is 1. The Kier molecular flexibility index (Phi) is 6.84. The Bertz CT molecular complexity index is 1120. The van der Waals surface area contributed by atoms with Gasteiger partial charge in [0.05, 0.1) is 21.9 Å². The van der Waals surface area contributed by atoms with E-state index in [1.54, 1.807) is 6.07 Å². The third-order valence-electron chi connectivity index (χ3n) is 5.16. The predicted molar refractivity (Wildman–Crippen MR) is 117 cm³/mol. The van der Waals surface area contributed by atoms with Crippen molar-refractivity contribution in [3.8, 4) is 0 Å². The van der Waals surface area contributed by atoms with Crippen LogP contribution >= 0.6 is 11.8 Å². The molecule has 1 aliphatic heterocycles. The lowest BCUT2D eigenvalue weighted by Gasteiger charge is -2.24. The van der Waals surface area contributed by atoms with Crippen molar-refractivity contribution in [2.75, 3.05) is 0 Å². The summed E-state index contributed by atoms with van der Waals surface area (Å²) >= 11 is 0.807. The van der Waals surface area contributed by atoms with E-state index >= 15 is 0 Å². The summed E-state index contributed by atoms with van der Waals surface area (Å²) in [6, 6.07) is 3.99. The molecule has 1 saturated heterocycles. The second kappa shape index (κ2) is 9.79. The Balaban J connectivity index is 1.34. The van der Waals surface area contributed by atoms with Crippen LogP contribution in [0.4, 0.5) is 23.9 Å². The van der Waals surface area contributed by atoms with Crippen molar-refractivity contribution < 1.29 is 22.8 Å². The molecular weight excluding hydrogens is 457 g/mol. The highest BCUT2D eigenvalue weighted by Gasteiger charge is 2.34. The molecule has 2 amide bonds. The maximum Gasteiger partial charge on any atom is 0.418 e. The van der Waals surface area contributed by atoms with E-state index < -0.39 is 22.9 Å². The lowest BCUT2D eigenvalue weighted by atomic mass is 9.93. The lowest BCUT2D eigenvalue weighted by molar-refractivity contribution is -0.138. The number of aliphatic imine (C=N–C) groups is 1. The van der Waals surface area contributed by atoms with Crippen LogP contribution in [0.25, 0.3) is 6.08 Å². The molecule has 8 nitrogen and oxygen atoms in total. The molecular formula is C21H19F3N6O2S. The highest BCUT2D eigenvalue weighted by Crippen LogP contribution is 2.31. The minimum atomic E-state index is -4.43. The van der Waals surface area contributed by atoms with Gasteiger partial charge in [-0.05, 0) is 61.7 Å². The first-order valence-corrected chi connectivity index (χ1v) is 11.0. The predicted octanol–water partition coefficient (Wildman–Crippen LogP) is 4.02. The van der Waals surface area contributed by atoms with Gasteiger partial charge < -0.3 is 5.32 Å². The number of nitrogens with zero attached hydrogens (tertiary/aromatic N) is 4. The van der Waals surface area contributed by atoms with Crippen LogP contribution in [0.5, 0.6) is 0 Å². The molecule has 0 aromatic carbocycles. The molecule has 0 radical (unpaired) electrons. The number of nitrogens with one attached hydrogen (secondary N) is 2. The van der Waals surface area contributed by atoms with Crippen LogP contribution in [0.15, 0.2) is 40.5 Å². The zero-order valence-corrected chi connectivity index (χ0v) is 18.0. The Morgan fingerprint density at radius 2 is 1.97 bits per heavy atom. The molecule has 1 saturated carbocycles. The van der Waals surface area contributed by atoms with Gasteiger partial charge in [0.1, 0.15) is 0 Å². The first-order chi connectivity index (χ1) is 15.8. The summed E-state index contributed by atoms with van der Waals surface area (Å²) in [5.74, 6) is -0.209. The fraction of sp³-hybridized carbons (Fsp3) is 0.333. The van der Waals surface area contributed by atoms with E-state index in [-0.39, 0.29) is 29.1 Å². The highest BCUT2D eigenvalue weighted by molar-refractivity contribution is 8.18. The van der Waals surface area contributed by atoms with Gasteiger partial charge in [0.25, 0.3) is 11.1 Å². The van der Waals surface area contributed by atoms with E-state index in [0.717, 1.165) is 36.4 Å². The van der Waals surface area contributed by atoms with E-state index in [1.165, 1.54) is 24.5 Å². The number of hydrogen-bond donors (Lipinski definition) is 2. The molecule has 2 aromatic rings. The number of carbonyl (C=O) groups excluding carboxylic acids is 2. The molecule has 2 N–H and O–H groups in total. The minimum Gasteiger partial charge on any atom is -0.308 e. The number of thioether (sulfide) groups is 1. The maximum atomic E-state index is 13.1. The topological polar surface area (TPSA) is 109 Å². The normalized spacial score (nSPS) is 20.3. The van der Waals surface area contributed by atoms with Crippen LogP contribution in [0, 0.1) is 0 Å². The van der Waals surface area contributed by atoms with Crippen molar-refractivity contribution in [2.45, 2.75) is 44.4 Å². The molecule has 4 rings (SSSR count). The number of amides is 2. The molecule has 2 fully saturated rings. The quantitative estimate of drug-likeness (QED) is 0.628. The van der Waals surface area contributed by atoms with Gasteiger partial charge in [-0.3, -0.25) is 19.9 Å². The number of halogens is 3. The molecule has 3 heterocycles. The number of hydrogen-bond acceptors (Lipinski definition) is 8. The summed E-state index contributed by atoms with van der Waals surface area (Å²) in [4.78, 5) is 40.0. The molecule has 0 bridgehead atoms. The summed E-state index contributed by atoms with van der Waals surface area (Å²) in [6.45, 7) is 0.0424. The zero-order chi connectivity index (χ0) is 23.4. The van der Waals surface area contributed by atoms with Gasteiger partial charge in [0, 0.05) is 30.7 Å². The van der Waals surface area contributed by atoms with E-state index in [9.17, 15) is 22.8 Å². The molecule has 172 valence electrons. The number of rotatable bonds is 5. The van der Waals surface area contributed by atoms with E-state index in [2.05, 4.69) is 30.6 Å². The van der Waals surface area contributed by atoms with E-state index in [1.807, 2.05) is 0 Å². The van der Waals surface area contributed by atoms with Crippen molar-refractivity contribution in [3.05, 3.63) is 52.4 Å². The van der Waals surface area contributed by atoms with Crippen molar-refractivity contribution >= 4 is 40.6 Å². The Hall–Kier alpha value is -3.12. The van der Waals surface area contributed by atoms with Gasteiger partial charge >= 0.3 is 6.18 Å². The van der Waals surface area contributed by atoms with Gasteiger partial charge in [-0.25, -0.2) is 15.0 Å². The summed E-state index contributed by atoms with van der Waals surface area (Å²) < 4.78 is 39.3. The summed E-state index contributed by atoms with van der Waals surface area (Å²) in [5.41, 5.74) is 0.623. The first-order valence-electron chi connectivity index (χ1n) is 10.2. The highest BCUT2D eigenvalue weighted by atomic mass is 32.2. The average molecular weight is 476 g/mol. The van der Waals surface area contributed by atoms with Crippen LogP contribution in [-0.4, -0.2) is 37.9 Å². The summed E-state index contributed by atoms with van der Waals surface area (Å²) in [6.07, 6.45) is 2.71. The van der Waals surface area contributed by atoms with Crippen molar-refractivity contribution in [2.24, 2.45) is 4.99 Å². The Morgan fingerprint density at radius 1 is 1.18 bits per heavy atom. The van der Waals surface area contributed by atoms with Gasteiger partial charge in [-0.2, -0.15) is 13.2 Å². The standard InChI is InChI=1S/C21H19F3N6O2S/c22-21(23,24)15-2-1-8-25-16(15)11-27-12-3-5-13(6-4-12)28-19-26-9-7-14(29-19)10-17-18(31)30-20(32)33-17/h1-2,7-10,12,27H,3-6,11H2,(H,30,31,32)/b17-10-,28-13?. The van der Waals surface area contributed by atoms with Crippen LogP contribution < -0.4 is 10.6 Å². The molecule has 2 aromatic heterocycles. The third kappa shape index (κ3) is 6.02. The molecule has 1 aliphatic carbocycles. The minimum absolute atomic E-state index is 0.0143. The molecule has 2 aliphatic rings. The van der Waals surface area contributed by atoms with E-state index in [4.69, 9.17) is 0 Å². The Morgan fingerprint density at radius 3 is 2.67 bits per heavy atom. The van der Waals surface area contributed by atoms with Gasteiger partial charge in [0.15, 0.2) is 0 Å². The van der Waals surface area contributed by atoms with Crippen LogP contribution in [0.3, 0.4) is 0 Å². The van der Waals surface area contributed by atoms with Crippen molar-refractivity contribution in [1.29, 1.82) is 0 Å². The van der Waals surface area contributed by atoms with E-state index in [0.29, 0.717) is 18.5 Å². The third-order valence-corrected chi connectivity index (χ3v) is 5.97. The Labute approximate surface area is 191 Å². The van der Waals surface area contributed by atoms with Crippen LogP contribution in [0.2, 0.25) is 0 Å². The second-order valence-corrected chi connectivity index (χ2v) is 8.48. The maximum absolute atomic E-state index is 13.1. The summed E-state index contributed by atoms with van der Waals surface area (Å²) in [5, 5.41) is 4.92. The SMILES string of the molecule is O=C1NC(=O)/C(=C/c2ccnc(N=C3CCC(NCc4ncccc4C(F)(F)F)CC3)n2)S1. The average Bonchev–Trinajstić information content (AvgIpc) is 3.09. The molecule has 0 unspecified atom stereocenters. The summed E-state index contributed by atoms with van der Waals surface area (Å²) in [7, 11) is 0. The van der Waals surface area contributed by atoms with Gasteiger partial charge in [0.2, 0.25) is 5.95 Å². The lowest BCUT2D eigenvalue weighted by Crippen LogP contribution is -2.33. The van der Waals surface area contributed by atoms with Gasteiger partial charge in [-0.1, -0.05) is 0 Å². The molecule has 0 spiro atoms. The first kappa shape index (κ1) is 23.1. The molecule has 12 heteroatoms.